The topological polar surface area (TPSA) is 106 Å². The van der Waals surface area contributed by atoms with Crippen molar-refractivity contribution in [2.75, 3.05) is 10.6 Å². The molecular weight excluding hydrogens is 509 g/mol. The maximum atomic E-state index is 12.8. The lowest BCUT2D eigenvalue weighted by atomic mass is 10.2. The second-order valence-electron chi connectivity index (χ2n) is 7.96. The van der Waals surface area contributed by atoms with Crippen LogP contribution in [-0.4, -0.2) is 29.7 Å². The molecule has 0 aliphatic heterocycles. The third-order valence-electron chi connectivity index (χ3n) is 5.40. The number of nitrogens with zero attached hydrogens (tertiary/aromatic N) is 5. The molecule has 3 N–H and O–H groups in total. The van der Waals surface area contributed by atoms with Crippen LogP contribution >= 0.6 is 11.6 Å². The number of ether oxygens (including phenoxy) is 1. The number of benzene rings is 2. The van der Waals surface area contributed by atoms with E-state index in [9.17, 15) is 13.2 Å². The summed E-state index contributed by atoms with van der Waals surface area (Å²) in [6.45, 7) is 3.14. The Morgan fingerprint density at radius 2 is 1.81 bits per heavy atom. The fraction of sp³-hybridized carbons (Fsp3) is 0.167. The number of imidazole rings is 1. The van der Waals surface area contributed by atoms with Gasteiger partial charge in [0, 0.05) is 24.8 Å². The SMILES string of the molecule is CCn1c(NCc2ccc(Oc3ncc(Cl)cn3)cc2)nc2ccc(Nc3cc(C(F)(F)F)[nH]n3)cc21. The van der Waals surface area contributed by atoms with E-state index in [1.807, 2.05) is 46.9 Å². The van der Waals surface area contributed by atoms with Crippen molar-refractivity contribution < 1.29 is 17.9 Å². The van der Waals surface area contributed by atoms with Gasteiger partial charge in [0.1, 0.15) is 11.4 Å². The van der Waals surface area contributed by atoms with Crippen LogP contribution in [-0.2, 0) is 19.3 Å². The number of aryl methyl sites for hydroxylation is 1. The number of fused-ring (bicyclic) bond motifs is 1. The molecule has 2 aromatic carbocycles. The highest BCUT2D eigenvalue weighted by atomic mass is 35.5. The van der Waals surface area contributed by atoms with Crippen LogP contribution in [0.5, 0.6) is 11.8 Å². The van der Waals surface area contributed by atoms with Gasteiger partial charge in [-0.1, -0.05) is 23.7 Å². The van der Waals surface area contributed by atoms with Crippen molar-refractivity contribution in [2.24, 2.45) is 0 Å². The van der Waals surface area contributed by atoms with Gasteiger partial charge in [-0.3, -0.25) is 5.10 Å². The minimum Gasteiger partial charge on any atom is -0.424 e. The number of aromatic nitrogens is 6. The lowest BCUT2D eigenvalue weighted by Crippen LogP contribution is -2.06. The minimum atomic E-state index is -4.49. The van der Waals surface area contributed by atoms with Gasteiger partial charge in [0.15, 0.2) is 5.82 Å². The van der Waals surface area contributed by atoms with Crippen molar-refractivity contribution in [3.05, 3.63) is 77.2 Å². The number of rotatable bonds is 8. The Kier molecular flexibility index (Phi) is 6.57. The number of aromatic amines is 1. The largest absolute Gasteiger partial charge is 0.432 e. The number of nitrogens with one attached hydrogen (secondary N) is 3. The van der Waals surface area contributed by atoms with Gasteiger partial charge in [0.2, 0.25) is 5.95 Å². The van der Waals surface area contributed by atoms with Crippen LogP contribution in [0.3, 0.4) is 0 Å². The Morgan fingerprint density at radius 1 is 1.05 bits per heavy atom. The molecule has 0 unspecified atom stereocenters. The molecule has 0 fully saturated rings. The molecule has 0 atom stereocenters. The van der Waals surface area contributed by atoms with Gasteiger partial charge in [-0.05, 0) is 42.8 Å². The Hall–Kier alpha value is -4.32. The first-order valence-electron chi connectivity index (χ1n) is 11.2. The molecule has 5 aromatic rings. The molecule has 9 nitrogen and oxygen atoms in total. The van der Waals surface area contributed by atoms with Crippen LogP contribution in [0.4, 0.5) is 30.6 Å². The highest BCUT2D eigenvalue weighted by molar-refractivity contribution is 6.30. The van der Waals surface area contributed by atoms with E-state index in [4.69, 9.17) is 16.3 Å². The van der Waals surface area contributed by atoms with Crippen molar-refractivity contribution in [3.8, 4) is 11.8 Å². The molecule has 0 aliphatic carbocycles. The number of hydrogen-bond donors (Lipinski definition) is 3. The van der Waals surface area contributed by atoms with Crippen LogP contribution in [0.25, 0.3) is 11.0 Å². The molecular formula is C24H20ClF3N8O. The number of hydrogen-bond acceptors (Lipinski definition) is 7. The monoisotopic (exact) mass is 528 g/mol. The van der Waals surface area contributed by atoms with Crippen LogP contribution in [0.2, 0.25) is 5.02 Å². The standard InChI is InChI=1S/C24H20ClF3N8O/c1-2-36-19-9-16(32-21-10-20(34-35-21)24(26,27)28)5-8-18(19)33-22(36)29-11-14-3-6-17(7-4-14)37-23-30-12-15(25)13-31-23/h3-10,12-13H,2,11H2,1H3,(H,29,33)(H2,32,34,35). The Bertz CT molecular complexity index is 1510. The van der Waals surface area contributed by atoms with Crippen molar-refractivity contribution in [3.63, 3.8) is 0 Å². The molecule has 3 aromatic heterocycles. The molecule has 0 aliphatic rings. The van der Waals surface area contributed by atoms with Gasteiger partial charge in [-0.2, -0.15) is 18.3 Å². The summed E-state index contributed by atoms with van der Waals surface area (Å²) in [6, 6.07) is 14.0. The van der Waals surface area contributed by atoms with Crippen LogP contribution < -0.4 is 15.4 Å². The third-order valence-corrected chi connectivity index (χ3v) is 5.60. The zero-order chi connectivity index (χ0) is 26.0. The summed E-state index contributed by atoms with van der Waals surface area (Å²) in [4.78, 5) is 12.7. The Labute approximate surface area is 213 Å². The fourth-order valence-corrected chi connectivity index (χ4v) is 3.75. The molecule has 0 spiro atoms. The predicted molar refractivity (Wildman–Crippen MR) is 133 cm³/mol. The van der Waals surface area contributed by atoms with Crippen molar-refractivity contribution in [2.45, 2.75) is 26.2 Å². The highest BCUT2D eigenvalue weighted by Gasteiger charge is 2.33. The third kappa shape index (κ3) is 5.59. The van der Waals surface area contributed by atoms with Crippen LogP contribution in [0.1, 0.15) is 18.2 Å². The van der Waals surface area contributed by atoms with Crippen molar-refractivity contribution in [1.29, 1.82) is 0 Å². The first-order chi connectivity index (χ1) is 17.8. The maximum absolute atomic E-state index is 12.8. The van der Waals surface area contributed by atoms with Gasteiger partial charge < -0.3 is 19.9 Å². The summed E-state index contributed by atoms with van der Waals surface area (Å²) in [5, 5.41) is 12.4. The van der Waals surface area contributed by atoms with E-state index in [-0.39, 0.29) is 11.8 Å². The second kappa shape index (κ2) is 9.97. The summed E-state index contributed by atoms with van der Waals surface area (Å²) in [5.74, 6) is 1.33. The van der Waals surface area contributed by atoms with E-state index >= 15 is 0 Å². The highest BCUT2D eigenvalue weighted by Crippen LogP contribution is 2.30. The quantitative estimate of drug-likeness (QED) is 0.214. The van der Waals surface area contributed by atoms with E-state index in [1.165, 1.54) is 12.4 Å². The lowest BCUT2D eigenvalue weighted by Gasteiger charge is -2.10. The number of anilines is 3. The molecule has 0 saturated heterocycles. The van der Waals surface area contributed by atoms with Crippen molar-refractivity contribution in [1.82, 2.24) is 29.7 Å². The number of alkyl halides is 3. The lowest BCUT2D eigenvalue weighted by molar-refractivity contribution is -0.141. The molecule has 0 radical (unpaired) electrons. The number of H-pyrrole nitrogens is 1. The summed E-state index contributed by atoms with van der Waals surface area (Å²) < 4.78 is 46.1. The summed E-state index contributed by atoms with van der Waals surface area (Å²) in [6.07, 6.45) is -1.57. The van der Waals surface area contributed by atoms with Crippen LogP contribution in [0.15, 0.2) is 60.9 Å². The van der Waals surface area contributed by atoms with Gasteiger partial charge in [-0.25, -0.2) is 15.0 Å². The zero-order valence-electron chi connectivity index (χ0n) is 19.3. The molecule has 190 valence electrons. The average Bonchev–Trinajstić information content (AvgIpc) is 3.49. The van der Waals surface area contributed by atoms with E-state index in [1.54, 1.807) is 12.1 Å². The van der Waals surface area contributed by atoms with Gasteiger partial charge in [0.25, 0.3) is 0 Å². The molecule has 0 amide bonds. The van der Waals surface area contributed by atoms with E-state index in [2.05, 4.69) is 30.7 Å². The maximum Gasteiger partial charge on any atom is 0.432 e. The Balaban J connectivity index is 1.27. The molecule has 0 saturated carbocycles. The summed E-state index contributed by atoms with van der Waals surface area (Å²) in [5.41, 5.74) is 2.25. The molecule has 0 bridgehead atoms. The predicted octanol–water partition coefficient (Wildman–Crippen LogP) is 6.39. The van der Waals surface area contributed by atoms with E-state index in [0.29, 0.717) is 35.5 Å². The Morgan fingerprint density at radius 3 is 2.49 bits per heavy atom. The molecule has 37 heavy (non-hydrogen) atoms. The zero-order valence-corrected chi connectivity index (χ0v) is 20.1. The van der Waals surface area contributed by atoms with Gasteiger partial charge in [-0.15, -0.1) is 0 Å². The van der Waals surface area contributed by atoms with Crippen LogP contribution in [0, 0.1) is 0 Å². The fourth-order valence-electron chi connectivity index (χ4n) is 3.65. The minimum absolute atomic E-state index is 0.0719. The van der Waals surface area contributed by atoms with E-state index in [0.717, 1.165) is 22.7 Å². The molecule has 3 heterocycles. The number of halogens is 4. The second-order valence-corrected chi connectivity index (χ2v) is 8.39. The summed E-state index contributed by atoms with van der Waals surface area (Å²) in [7, 11) is 0. The van der Waals surface area contributed by atoms with Gasteiger partial charge in [0.05, 0.1) is 28.4 Å². The first kappa shape index (κ1) is 24.4. The average molecular weight is 529 g/mol. The molecule has 5 rings (SSSR count). The summed E-state index contributed by atoms with van der Waals surface area (Å²) >= 11 is 5.79. The van der Waals surface area contributed by atoms with E-state index < -0.39 is 11.9 Å². The molecule has 13 heteroatoms. The smallest absolute Gasteiger partial charge is 0.424 e. The van der Waals surface area contributed by atoms with Crippen molar-refractivity contribution >= 4 is 40.1 Å². The van der Waals surface area contributed by atoms with Gasteiger partial charge >= 0.3 is 12.2 Å². The first-order valence-corrected chi connectivity index (χ1v) is 11.5. The normalized spacial score (nSPS) is 11.6.